The maximum absolute atomic E-state index is 12.6. The Morgan fingerprint density at radius 2 is 2.00 bits per heavy atom. The number of phenols is 1. The summed E-state index contributed by atoms with van der Waals surface area (Å²) in [5.74, 6) is -1.24. The van der Waals surface area contributed by atoms with Crippen molar-refractivity contribution in [3.8, 4) is 5.75 Å². The minimum Gasteiger partial charge on any atom is -0.506 e. The van der Waals surface area contributed by atoms with Gasteiger partial charge in [0.1, 0.15) is 5.75 Å². The van der Waals surface area contributed by atoms with Gasteiger partial charge in [0, 0.05) is 12.4 Å². The van der Waals surface area contributed by atoms with Crippen molar-refractivity contribution in [3.63, 3.8) is 0 Å². The first-order chi connectivity index (χ1) is 9.79. The van der Waals surface area contributed by atoms with Crippen LogP contribution in [-0.2, 0) is 6.18 Å². The number of halogens is 4. The van der Waals surface area contributed by atoms with E-state index in [2.05, 4.69) is 10.3 Å². The van der Waals surface area contributed by atoms with Crippen LogP contribution in [0.15, 0.2) is 36.7 Å². The fourth-order valence-electron chi connectivity index (χ4n) is 1.56. The van der Waals surface area contributed by atoms with Gasteiger partial charge in [0.05, 0.1) is 21.8 Å². The average molecular weight is 317 g/mol. The van der Waals surface area contributed by atoms with Crippen molar-refractivity contribution >= 4 is 23.2 Å². The maximum atomic E-state index is 12.6. The minimum atomic E-state index is -4.58. The summed E-state index contributed by atoms with van der Waals surface area (Å²) >= 11 is 5.76. The van der Waals surface area contributed by atoms with Gasteiger partial charge >= 0.3 is 6.18 Å². The fraction of sp³-hybridized carbons (Fsp3) is 0.0769. The lowest BCUT2D eigenvalue weighted by Crippen LogP contribution is -2.14. The van der Waals surface area contributed by atoms with Crippen LogP contribution in [0.4, 0.5) is 18.9 Å². The molecule has 0 aliphatic rings. The van der Waals surface area contributed by atoms with Gasteiger partial charge < -0.3 is 10.4 Å². The summed E-state index contributed by atoms with van der Waals surface area (Å²) < 4.78 is 37.8. The number of nitrogens with zero attached hydrogens (tertiary/aromatic N) is 1. The number of amides is 1. The maximum Gasteiger partial charge on any atom is 0.416 e. The van der Waals surface area contributed by atoms with Crippen molar-refractivity contribution in [1.29, 1.82) is 0 Å². The van der Waals surface area contributed by atoms with Gasteiger partial charge in [0.2, 0.25) is 0 Å². The van der Waals surface area contributed by atoms with Crippen LogP contribution in [0.25, 0.3) is 0 Å². The van der Waals surface area contributed by atoms with Gasteiger partial charge in [0.15, 0.2) is 0 Å². The Bertz CT molecular complexity index is 689. The summed E-state index contributed by atoms with van der Waals surface area (Å²) in [4.78, 5) is 15.6. The molecular formula is C13H8ClF3N2O2. The highest BCUT2D eigenvalue weighted by Gasteiger charge is 2.31. The normalized spacial score (nSPS) is 11.2. The first-order valence-corrected chi connectivity index (χ1v) is 5.98. The van der Waals surface area contributed by atoms with E-state index in [1.54, 1.807) is 0 Å². The number of hydrogen-bond acceptors (Lipinski definition) is 3. The van der Waals surface area contributed by atoms with Gasteiger partial charge in [-0.25, -0.2) is 0 Å². The van der Waals surface area contributed by atoms with E-state index in [9.17, 15) is 23.1 Å². The molecular weight excluding hydrogens is 309 g/mol. The third kappa shape index (κ3) is 3.43. The SMILES string of the molecule is O=C(Nc1cc(C(F)(F)F)ccc1O)c1ccncc1Cl. The van der Waals surface area contributed by atoms with Gasteiger partial charge in [-0.15, -0.1) is 0 Å². The van der Waals surface area contributed by atoms with E-state index in [4.69, 9.17) is 11.6 Å². The van der Waals surface area contributed by atoms with Crippen molar-refractivity contribution in [2.45, 2.75) is 6.18 Å². The zero-order valence-electron chi connectivity index (χ0n) is 10.3. The molecule has 1 aromatic carbocycles. The Labute approximate surface area is 122 Å². The van der Waals surface area contributed by atoms with Crippen LogP contribution >= 0.6 is 11.6 Å². The number of hydrogen-bond donors (Lipinski definition) is 2. The molecule has 0 radical (unpaired) electrons. The lowest BCUT2D eigenvalue weighted by Gasteiger charge is -2.12. The number of anilines is 1. The highest BCUT2D eigenvalue weighted by Crippen LogP contribution is 2.34. The molecule has 0 saturated heterocycles. The number of carbonyl (C=O) groups is 1. The Kier molecular flexibility index (Phi) is 4.04. The monoisotopic (exact) mass is 316 g/mol. The lowest BCUT2D eigenvalue weighted by atomic mass is 10.1. The molecule has 0 bridgehead atoms. The first kappa shape index (κ1) is 15.1. The van der Waals surface area contributed by atoms with E-state index in [0.29, 0.717) is 12.1 Å². The molecule has 8 heteroatoms. The molecule has 0 aliphatic heterocycles. The molecule has 110 valence electrons. The first-order valence-electron chi connectivity index (χ1n) is 5.60. The molecule has 0 atom stereocenters. The van der Waals surface area contributed by atoms with Crippen molar-refractivity contribution in [1.82, 2.24) is 4.98 Å². The summed E-state index contributed by atoms with van der Waals surface area (Å²) in [5, 5.41) is 11.8. The van der Waals surface area contributed by atoms with E-state index < -0.39 is 23.4 Å². The van der Waals surface area contributed by atoms with E-state index in [1.807, 2.05) is 0 Å². The molecule has 1 amide bonds. The second kappa shape index (κ2) is 5.61. The van der Waals surface area contributed by atoms with Crippen LogP contribution in [-0.4, -0.2) is 16.0 Å². The molecule has 1 heterocycles. The molecule has 2 rings (SSSR count). The number of benzene rings is 1. The van der Waals surface area contributed by atoms with Gasteiger partial charge in [0.25, 0.3) is 5.91 Å². The Balaban J connectivity index is 2.31. The summed E-state index contributed by atoms with van der Waals surface area (Å²) in [7, 11) is 0. The second-order valence-electron chi connectivity index (χ2n) is 4.04. The van der Waals surface area contributed by atoms with Crippen LogP contribution in [0.3, 0.4) is 0 Å². The highest BCUT2D eigenvalue weighted by atomic mass is 35.5. The smallest absolute Gasteiger partial charge is 0.416 e. The number of nitrogens with one attached hydrogen (secondary N) is 1. The predicted molar refractivity (Wildman–Crippen MR) is 70.3 cm³/mol. The molecule has 0 spiro atoms. The zero-order valence-corrected chi connectivity index (χ0v) is 11.0. The average Bonchev–Trinajstić information content (AvgIpc) is 2.40. The zero-order chi connectivity index (χ0) is 15.6. The Hall–Kier alpha value is -2.28. The van der Waals surface area contributed by atoms with E-state index in [0.717, 1.165) is 6.07 Å². The third-order valence-corrected chi connectivity index (χ3v) is 2.89. The quantitative estimate of drug-likeness (QED) is 0.830. The molecule has 4 nitrogen and oxygen atoms in total. The predicted octanol–water partition coefficient (Wildman–Crippen LogP) is 3.71. The van der Waals surface area contributed by atoms with Crippen molar-refractivity contribution < 1.29 is 23.1 Å². The van der Waals surface area contributed by atoms with Gasteiger partial charge in [-0.3, -0.25) is 9.78 Å². The molecule has 0 unspecified atom stereocenters. The van der Waals surface area contributed by atoms with E-state index in [-0.39, 0.29) is 16.3 Å². The standard InChI is InChI=1S/C13H8ClF3N2O2/c14-9-6-18-4-3-8(9)12(21)19-10-5-7(13(15,16)17)1-2-11(10)20/h1-6,20H,(H,19,21). The van der Waals surface area contributed by atoms with E-state index >= 15 is 0 Å². The fourth-order valence-corrected chi connectivity index (χ4v) is 1.77. The topological polar surface area (TPSA) is 62.2 Å². The largest absolute Gasteiger partial charge is 0.506 e. The Morgan fingerprint density at radius 1 is 1.29 bits per heavy atom. The van der Waals surface area contributed by atoms with Crippen LogP contribution in [0.1, 0.15) is 15.9 Å². The van der Waals surface area contributed by atoms with E-state index in [1.165, 1.54) is 18.5 Å². The number of carbonyl (C=O) groups excluding carboxylic acids is 1. The number of aromatic nitrogens is 1. The number of rotatable bonds is 2. The number of alkyl halides is 3. The highest BCUT2D eigenvalue weighted by molar-refractivity contribution is 6.34. The summed E-state index contributed by atoms with van der Waals surface area (Å²) in [6.45, 7) is 0. The van der Waals surface area contributed by atoms with Crippen molar-refractivity contribution in [2.24, 2.45) is 0 Å². The molecule has 2 aromatic rings. The summed E-state index contributed by atoms with van der Waals surface area (Å²) in [5.41, 5.74) is -1.32. The third-order valence-electron chi connectivity index (χ3n) is 2.59. The molecule has 1 aromatic heterocycles. The Morgan fingerprint density at radius 3 is 2.62 bits per heavy atom. The van der Waals surface area contributed by atoms with Gasteiger partial charge in [-0.05, 0) is 24.3 Å². The van der Waals surface area contributed by atoms with Gasteiger partial charge in [-0.2, -0.15) is 13.2 Å². The minimum absolute atomic E-state index is 0.0310. The molecule has 21 heavy (non-hydrogen) atoms. The summed E-state index contributed by atoms with van der Waals surface area (Å²) in [6.07, 6.45) is -2.04. The molecule has 0 saturated carbocycles. The van der Waals surface area contributed by atoms with Gasteiger partial charge in [-0.1, -0.05) is 11.6 Å². The van der Waals surface area contributed by atoms with Crippen molar-refractivity contribution in [2.75, 3.05) is 5.32 Å². The van der Waals surface area contributed by atoms with Crippen LogP contribution in [0.2, 0.25) is 5.02 Å². The number of pyridine rings is 1. The number of phenolic OH excluding ortho intramolecular Hbond substituents is 1. The lowest BCUT2D eigenvalue weighted by molar-refractivity contribution is -0.137. The molecule has 0 fully saturated rings. The van der Waals surface area contributed by atoms with Crippen LogP contribution in [0.5, 0.6) is 5.75 Å². The second-order valence-corrected chi connectivity index (χ2v) is 4.45. The van der Waals surface area contributed by atoms with Crippen molar-refractivity contribution in [3.05, 3.63) is 52.8 Å². The van der Waals surface area contributed by atoms with Crippen LogP contribution in [0, 0.1) is 0 Å². The number of aromatic hydroxyl groups is 1. The molecule has 0 aliphatic carbocycles. The van der Waals surface area contributed by atoms with Crippen LogP contribution < -0.4 is 5.32 Å². The molecule has 2 N–H and O–H groups in total. The summed E-state index contributed by atoms with van der Waals surface area (Å²) in [6, 6.07) is 3.52.